The molecule has 2 atom stereocenters. The molecule has 0 aromatic rings. The number of nitrogens with two attached hydrogens (primary N) is 1. The van der Waals surface area contributed by atoms with E-state index in [0.29, 0.717) is 4.99 Å². The summed E-state index contributed by atoms with van der Waals surface area (Å²) in [5.74, 6) is 1.70. The molecule has 1 saturated heterocycles. The molecule has 13 heavy (non-hydrogen) atoms. The van der Waals surface area contributed by atoms with Gasteiger partial charge in [-0.05, 0) is 24.8 Å². The maximum absolute atomic E-state index is 5.48. The molecule has 0 saturated carbocycles. The van der Waals surface area contributed by atoms with Gasteiger partial charge in [-0.25, -0.2) is 0 Å². The van der Waals surface area contributed by atoms with E-state index in [1.54, 1.807) is 0 Å². The molecule has 1 heterocycles. The molecule has 0 radical (unpaired) electrons. The average molecular weight is 200 g/mol. The molecule has 1 aliphatic heterocycles. The fourth-order valence-corrected chi connectivity index (χ4v) is 1.91. The predicted molar refractivity (Wildman–Crippen MR) is 60.8 cm³/mol. The van der Waals surface area contributed by atoms with E-state index in [2.05, 4.69) is 18.7 Å². The van der Waals surface area contributed by atoms with Crippen molar-refractivity contribution in [1.82, 2.24) is 4.90 Å². The van der Waals surface area contributed by atoms with Crippen LogP contribution in [0.4, 0.5) is 0 Å². The Bertz CT molecular complexity index is 182. The third-order valence-corrected chi connectivity index (χ3v) is 3.30. The van der Waals surface area contributed by atoms with E-state index < -0.39 is 0 Å². The Kier molecular flexibility index (Phi) is 4.13. The van der Waals surface area contributed by atoms with Gasteiger partial charge < -0.3 is 10.6 Å². The molecule has 0 spiro atoms. The SMILES string of the molecule is CC1CCN(CCC(N)=S)CC1C. The molecule has 2 N–H and O–H groups in total. The van der Waals surface area contributed by atoms with Gasteiger partial charge in [-0.2, -0.15) is 0 Å². The zero-order valence-corrected chi connectivity index (χ0v) is 9.44. The molecule has 1 fully saturated rings. The first-order valence-electron chi connectivity index (χ1n) is 5.10. The summed E-state index contributed by atoms with van der Waals surface area (Å²) in [6.07, 6.45) is 2.19. The van der Waals surface area contributed by atoms with Crippen LogP contribution in [0.2, 0.25) is 0 Å². The van der Waals surface area contributed by atoms with Crippen molar-refractivity contribution >= 4 is 17.2 Å². The Balaban J connectivity index is 2.25. The van der Waals surface area contributed by atoms with Crippen LogP contribution in [-0.2, 0) is 0 Å². The summed E-state index contributed by atoms with van der Waals surface area (Å²) in [5.41, 5.74) is 5.48. The van der Waals surface area contributed by atoms with Crippen molar-refractivity contribution in [3.8, 4) is 0 Å². The fraction of sp³-hybridized carbons (Fsp3) is 0.900. The lowest BCUT2D eigenvalue weighted by molar-refractivity contribution is 0.142. The lowest BCUT2D eigenvalue weighted by atomic mass is 9.89. The highest BCUT2D eigenvalue weighted by Crippen LogP contribution is 2.22. The van der Waals surface area contributed by atoms with Gasteiger partial charge in [0.25, 0.3) is 0 Å². The second kappa shape index (κ2) is 4.91. The first kappa shape index (κ1) is 10.9. The highest BCUT2D eigenvalue weighted by molar-refractivity contribution is 7.80. The summed E-state index contributed by atoms with van der Waals surface area (Å²) in [4.78, 5) is 3.12. The van der Waals surface area contributed by atoms with Crippen molar-refractivity contribution in [2.24, 2.45) is 17.6 Å². The monoisotopic (exact) mass is 200 g/mol. The summed E-state index contributed by atoms with van der Waals surface area (Å²) >= 11 is 4.87. The van der Waals surface area contributed by atoms with Crippen molar-refractivity contribution in [2.45, 2.75) is 26.7 Å². The smallest absolute Gasteiger partial charge is 0.0740 e. The number of likely N-dealkylation sites (tertiary alicyclic amines) is 1. The minimum atomic E-state index is 0.645. The summed E-state index contributed by atoms with van der Waals surface area (Å²) in [6.45, 7) is 8.15. The molecule has 0 aliphatic carbocycles. The minimum Gasteiger partial charge on any atom is -0.393 e. The van der Waals surface area contributed by atoms with Gasteiger partial charge in [-0.15, -0.1) is 0 Å². The van der Waals surface area contributed by atoms with Gasteiger partial charge in [-0.1, -0.05) is 26.1 Å². The highest BCUT2D eigenvalue weighted by Gasteiger charge is 2.21. The molecule has 0 amide bonds. The zero-order chi connectivity index (χ0) is 9.84. The number of rotatable bonds is 3. The fourth-order valence-electron chi connectivity index (χ4n) is 1.82. The van der Waals surface area contributed by atoms with Crippen LogP contribution >= 0.6 is 12.2 Å². The molecule has 3 heteroatoms. The molecule has 0 aromatic carbocycles. The first-order valence-corrected chi connectivity index (χ1v) is 5.51. The molecule has 1 rings (SSSR count). The number of nitrogens with zero attached hydrogens (tertiary/aromatic N) is 1. The second-order valence-electron chi connectivity index (χ2n) is 4.26. The zero-order valence-electron chi connectivity index (χ0n) is 8.62. The van der Waals surface area contributed by atoms with Crippen LogP contribution in [0.1, 0.15) is 26.7 Å². The van der Waals surface area contributed by atoms with Crippen molar-refractivity contribution < 1.29 is 0 Å². The minimum absolute atomic E-state index is 0.645. The Morgan fingerprint density at radius 2 is 2.15 bits per heavy atom. The Morgan fingerprint density at radius 3 is 2.69 bits per heavy atom. The first-order chi connectivity index (χ1) is 6.09. The Morgan fingerprint density at radius 1 is 1.46 bits per heavy atom. The summed E-state index contributed by atoms with van der Waals surface area (Å²) in [5, 5.41) is 0. The lowest BCUT2D eigenvalue weighted by Gasteiger charge is -2.35. The number of hydrogen-bond donors (Lipinski definition) is 1. The predicted octanol–water partition coefficient (Wildman–Crippen LogP) is 1.64. The molecule has 2 unspecified atom stereocenters. The van der Waals surface area contributed by atoms with Gasteiger partial charge in [0.05, 0.1) is 4.99 Å². The van der Waals surface area contributed by atoms with E-state index >= 15 is 0 Å². The van der Waals surface area contributed by atoms with E-state index in [4.69, 9.17) is 18.0 Å². The number of hydrogen-bond acceptors (Lipinski definition) is 2. The largest absolute Gasteiger partial charge is 0.393 e. The van der Waals surface area contributed by atoms with Gasteiger partial charge in [0.2, 0.25) is 0 Å². The Labute approximate surface area is 86.5 Å². The third kappa shape index (κ3) is 3.61. The standard InChI is InChI=1S/C10H20N2S/c1-8-3-5-12(7-9(8)2)6-4-10(11)13/h8-9H,3-7H2,1-2H3,(H2,11,13). The van der Waals surface area contributed by atoms with Gasteiger partial charge >= 0.3 is 0 Å². The van der Waals surface area contributed by atoms with E-state index in [0.717, 1.165) is 24.8 Å². The maximum Gasteiger partial charge on any atom is 0.0740 e. The van der Waals surface area contributed by atoms with Gasteiger partial charge in [0.1, 0.15) is 0 Å². The lowest BCUT2D eigenvalue weighted by Crippen LogP contribution is -2.39. The van der Waals surface area contributed by atoms with Gasteiger partial charge in [0.15, 0.2) is 0 Å². The van der Waals surface area contributed by atoms with Gasteiger partial charge in [-0.3, -0.25) is 0 Å². The molecular formula is C10H20N2S. The normalized spacial score (nSPS) is 30.3. The molecule has 76 valence electrons. The van der Waals surface area contributed by atoms with Crippen molar-refractivity contribution in [3.05, 3.63) is 0 Å². The van der Waals surface area contributed by atoms with Crippen LogP contribution in [0, 0.1) is 11.8 Å². The van der Waals surface area contributed by atoms with Crippen LogP contribution in [0.3, 0.4) is 0 Å². The van der Waals surface area contributed by atoms with Crippen LogP contribution in [0.25, 0.3) is 0 Å². The van der Waals surface area contributed by atoms with Crippen molar-refractivity contribution in [2.75, 3.05) is 19.6 Å². The van der Waals surface area contributed by atoms with Crippen LogP contribution in [-0.4, -0.2) is 29.5 Å². The molecule has 2 nitrogen and oxygen atoms in total. The van der Waals surface area contributed by atoms with E-state index in [1.165, 1.54) is 19.5 Å². The summed E-state index contributed by atoms with van der Waals surface area (Å²) < 4.78 is 0. The van der Waals surface area contributed by atoms with E-state index in [9.17, 15) is 0 Å². The Hall–Kier alpha value is -0.150. The van der Waals surface area contributed by atoms with Crippen LogP contribution in [0.15, 0.2) is 0 Å². The molecule has 0 aromatic heterocycles. The highest BCUT2D eigenvalue weighted by atomic mass is 32.1. The van der Waals surface area contributed by atoms with Crippen molar-refractivity contribution in [1.29, 1.82) is 0 Å². The van der Waals surface area contributed by atoms with E-state index in [1.807, 2.05) is 0 Å². The molecular weight excluding hydrogens is 180 g/mol. The quantitative estimate of drug-likeness (QED) is 0.702. The third-order valence-electron chi connectivity index (χ3n) is 3.09. The molecule has 0 bridgehead atoms. The topological polar surface area (TPSA) is 29.3 Å². The van der Waals surface area contributed by atoms with Crippen molar-refractivity contribution in [3.63, 3.8) is 0 Å². The average Bonchev–Trinajstić information content (AvgIpc) is 2.07. The number of piperidine rings is 1. The second-order valence-corrected chi connectivity index (χ2v) is 4.78. The number of thiocarbonyl (C=S) groups is 1. The summed E-state index contributed by atoms with van der Waals surface area (Å²) in [7, 11) is 0. The summed E-state index contributed by atoms with van der Waals surface area (Å²) in [6, 6.07) is 0. The van der Waals surface area contributed by atoms with E-state index in [-0.39, 0.29) is 0 Å². The van der Waals surface area contributed by atoms with Crippen LogP contribution < -0.4 is 5.73 Å². The van der Waals surface area contributed by atoms with Crippen LogP contribution in [0.5, 0.6) is 0 Å². The van der Waals surface area contributed by atoms with Gasteiger partial charge in [0, 0.05) is 19.5 Å². The maximum atomic E-state index is 5.48. The molecule has 1 aliphatic rings.